The van der Waals surface area contributed by atoms with Crippen molar-refractivity contribution < 1.29 is 43.0 Å². The highest BCUT2D eigenvalue weighted by molar-refractivity contribution is 4.96. The Balaban J connectivity index is 0.000000460. The summed E-state index contributed by atoms with van der Waals surface area (Å²) in [5.41, 5.74) is 4.14. The molecule has 10 heteroatoms. The van der Waals surface area contributed by atoms with E-state index >= 15 is 0 Å². The largest absolute Gasteiger partial charge is 0.388 e. The van der Waals surface area contributed by atoms with Crippen LogP contribution in [-0.4, -0.2) is 100 Å². The van der Waals surface area contributed by atoms with E-state index in [1.807, 2.05) is 138 Å². The Morgan fingerprint density at radius 2 is 0.674 bits per heavy atom. The number of hydrogen-bond donors (Lipinski definition) is 2. The van der Waals surface area contributed by atoms with Gasteiger partial charge in [-0.2, -0.15) is 0 Å². The minimum Gasteiger partial charge on any atom is -0.388 e. The lowest BCUT2D eigenvalue weighted by Gasteiger charge is -2.48. The fraction of sp³-hybridized carbons (Fsp3) is 1.00. The number of ether oxygens (including phenoxy) is 8. The van der Waals surface area contributed by atoms with Gasteiger partial charge in [0, 0.05) is 0 Å². The molecule has 0 amide bonds. The molecule has 2 saturated heterocycles. The van der Waals surface area contributed by atoms with Crippen molar-refractivity contribution in [1.82, 2.24) is 0 Å². The molecule has 2 aliphatic rings. The van der Waals surface area contributed by atoms with Crippen LogP contribution < -0.4 is 5.73 Å². The van der Waals surface area contributed by atoms with Gasteiger partial charge in [-0.3, -0.25) is 0 Å². The summed E-state index contributed by atoms with van der Waals surface area (Å²) in [4.78, 5) is 0. The van der Waals surface area contributed by atoms with E-state index < -0.39 is 53.8 Å². The minimum absolute atomic E-state index is 0.172. The molecule has 10 atom stereocenters. The average molecular weight is 664 g/mol. The van der Waals surface area contributed by atoms with Crippen LogP contribution in [0.4, 0.5) is 0 Å². The summed E-state index contributed by atoms with van der Waals surface area (Å²) in [7, 11) is 0. The molecule has 46 heavy (non-hydrogen) atoms. The molecule has 0 radical (unpaired) electrons. The van der Waals surface area contributed by atoms with Gasteiger partial charge in [0.1, 0.15) is 30.5 Å². The Bertz CT molecular complexity index is 827. The van der Waals surface area contributed by atoms with Crippen molar-refractivity contribution in [2.24, 2.45) is 5.73 Å². The van der Waals surface area contributed by atoms with E-state index in [0.717, 1.165) is 0 Å². The SMILES string of the molecule is CC1OC(OC(C)(C)C)C(OC(C)(C)C)C(OC(C)(C)C)C1N.CC1OC(OC(C)(C)C)C(OC(C)(C)C)C(OC(C)(C)C)C1O. The van der Waals surface area contributed by atoms with Gasteiger partial charge in [0.25, 0.3) is 0 Å². The highest BCUT2D eigenvalue weighted by atomic mass is 16.7. The molecular formula is C36H73NO9. The Hall–Kier alpha value is -0.400. The van der Waals surface area contributed by atoms with Gasteiger partial charge in [0.15, 0.2) is 12.6 Å². The van der Waals surface area contributed by atoms with Gasteiger partial charge in [-0.25, -0.2) is 0 Å². The van der Waals surface area contributed by atoms with Gasteiger partial charge in [-0.1, -0.05) is 0 Å². The molecule has 10 nitrogen and oxygen atoms in total. The van der Waals surface area contributed by atoms with Crippen LogP contribution in [0, 0.1) is 0 Å². The molecule has 0 aliphatic carbocycles. The molecule has 2 heterocycles. The van der Waals surface area contributed by atoms with Crippen molar-refractivity contribution in [3.05, 3.63) is 0 Å². The highest BCUT2D eigenvalue weighted by Crippen LogP contribution is 2.35. The van der Waals surface area contributed by atoms with Crippen molar-refractivity contribution >= 4 is 0 Å². The van der Waals surface area contributed by atoms with Crippen LogP contribution in [0.5, 0.6) is 0 Å². The predicted octanol–water partition coefficient (Wildman–Crippen LogP) is 6.52. The quantitative estimate of drug-likeness (QED) is 0.325. The molecule has 2 fully saturated rings. The van der Waals surface area contributed by atoms with Crippen LogP contribution in [0.3, 0.4) is 0 Å². The van der Waals surface area contributed by atoms with Crippen molar-refractivity contribution in [3.8, 4) is 0 Å². The number of hydrogen-bond acceptors (Lipinski definition) is 10. The standard InChI is InChI=1S/C18H37NO4.C18H36O5/c2*1-11-12(19)13(21-16(2,3)4)14(22-17(5,6)7)15(20-11)23-18(8,9)10/h11-15H,19H2,1-10H3;11-15,19H,1-10H3. The first-order valence-corrected chi connectivity index (χ1v) is 17.0. The fourth-order valence-electron chi connectivity index (χ4n) is 5.05. The molecule has 0 aromatic heterocycles. The van der Waals surface area contributed by atoms with Crippen molar-refractivity contribution in [2.45, 2.75) is 233 Å². The molecule has 0 aromatic carbocycles. The average Bonchev–Trinajstić information content (AvgIpc) is 2.76. The molecule has 2 rings (SSSR count). The molecule has 3 N–H and O–H groups in total. The lowest BCUT2D eigenvalue weighted by molar-refractivity contribution is -0.347. The van der Waals surface area contributed by atoms with Gasteiger partial charge in [0.05, 0.1) is 51.9 Å². The van der Waals surface area contributed by atoms with Crippen LogP contribution in [-0.2, 0) is 37.9 Å². The van der Waals surface area contributed by atoms with E-state index in [1.165, 1.54) is 0 Å². The summed E-state index contributed by atoms with van der Waals surface area (Å²) in [5, 5.41) is 10.6. The maximum Gasteiger partial charge on any atom is 0.187 e. The van der Waals surface area contributed by atoms with Gasteiger partial charge in [-0.05, 0) is 138 Å². The Kier molecular flexibility index (Phi) is 14.8. The Morgan fingerprint density at radius 3 is 1.00 bits per heavy atom. The van der Waals surface area contributed by atoms with E-state index in [9.17, 15) is 5.11 Å². The van der Waals surface area contributed by atoms with E-state index in [4.69, 9.17) is 43.6 Å². The lowest BCUT2D eigenvalue weighted by atomic mass is 9.95. The minimum atomic E-state index is -0.776. The normalized spacial score (nSPS) is 33.8. The van der Waals surface area contributed by atoms with Crippen LogP contribution in [0.25, 0.3) is 0 Å². The van der Waals surface area contributed by atoms with Crippen LogP contribution in [0.2, 0.25) is 0 Å². The molecular weight excluding hydrogens is 590 g/mol. The topological polar surface area (TPSA) is 120 Å². The monoisotopic (exact) mass is 664 g/mol. The summed E-state index contributed by atoms with van der Waals surface area (Å²) in [6, 6.07) is -0.276. The smallest absolute Gasteiger partial charge is 0.187 e. The van der Waals surface area contributed by atoms with Crippen LogP contribution in [0.15, 0.2) is 0 Å². The third-order valence-corrected chi connectivity index (χ3v) is 6.52. The zero-order chi connectivity index (χ0) is 36.4. The second-order valence-electron chi connectivity index (χ2n) is 18.7. The third-order valence-electron chi connectivity index (χ3n) is 6.52. The first-order valence-electron chi connectivity index (χ1n) is 17.0. The molecule has 0 spiro atoms. The van der Waals surface area contributed by atoms with Crippen molar-refractivity contribution in [2.75, 3.05) is 0 Å². The first kappa shape index (κ1) is 43.6. The lowest BCUT2D eigenvalue weighted by Crippen LogP contribution is -2.65. The summed E-state index contributed by atoms with van der Waals surface area (Å²) in [6.07, 6.45) is -4.18. The molecule has 0 aromatic rings. The Morgan fingerprint density at radius 1 is 0.413 bits per heavy atom. The highest BCUT2D eigenvalue weighted by Gasteiger charge is 2.50. The van der Waals surface area contributed by atoms with E-state index in [1.54, 1.807) is 0 Å². The van der Waals surface area contributed by atoms with Gasteiger partial charge in [0.2, 0.25) is 0 Å². The van der Waals surface area contributed by atoms with Crippen LogP contribution in [0.1, 0.15) is 138 Å². The van der Waals surface area contributed by atoms with Crippen LogP contribution >= 0.6 is 0 Å². The van der Waals surface area contributed by atoms with Crippen molar-refractivity contribution in [3.63, 3.8) is 0 Å². The fourth-order valence-corrected chi connectivity index (χ4v) is 5.05. The second kappa shape index (κ2) is 15.7. The summed E-state index contributed by atoms with van der Waals surface area (Å²) in [5.74, 6) is 0. The number of aliphatic hydroxyl groups is 1. The number of nitrogens with two attached hydrogens (primary N) is 1. The first-order chi connectivity index (χ1) is 20.2. The maximum atomic E-state index is 10.6. The molecule has 2 aliphatic heterocycles. The van der Waals surface area contributed by atoms with E-state index in [0.29, 0.717) is 0 Å². The van der Waals surface area contributed by atoms with Gasteiger partial charge in [-0.15, -0.1) is 0 Å². The maximum absolute atomic E-state index is 10.6. The summed E-state index contributed by atoms with van der Waals surface area (Å²) < 4.78 is 48.9. The molecule has 10 unspecified atom stereocenters. The van der Waals surface area contributed by atoms with Gasteiger partial charge >= 0.3 is 0 Å². The molecule has 0 saturated carbocycles. The zero-order valence-electron chi connectivity index (χ0n) is 33.1. The number of aliphatic hydroxyl groups excluding tert-OH is 1. The van der Waals surface area contributed by atoms with Crippen molar-refractivity contribution in [1.29, 1.82) is 0 Å². The van der Waals surface area contributed by atoms with E-state index in [2.05, 4.69) is 0 Å². The van der Waals surface area contributed by atoms with Gasteiger partial charge < -0.3 is 48.7 Å². The van der Waals surface area contributed by atoms with E-state index in [-0.39, 0.29) is 41.2 Å². The number of rotatable bonds is 6. The predicted molar refractivity (Wildman–Crippen MR) is 183 cm³/mol. The Labute approximate surface area is 282 Å². The third kappa shape index (κ3) is 16.3. The molecule has 276 valence electrons. The molecule has 0 bridgehead atoms. The second-order valence-corrected chi connectivity index (χ2v) is 18.7. The summed E-state index contributed by atoms with van der Waals surface area (Å²) in [6.45, 7) is 39.6. The zero-order valence-corrected chi connectivity index (χ0v) is 33.1. The summed E-state index contributed by atoms with van der Waals surface area (Å²) >= 11 is 0.